The SMILES string of the molecule is CCc1c(C)sc(C)c1C(C)CC. The molecule has 1 rings (SSSR count). The quantitative estimate of drug-likeness (QED) is 0.670. The van der Waals surface area contributed by atoms with Gasteiger partial charge < -0.3 is 0 Å². The molecular weight excluding hydrogens is 176 g/mol. The van der Waals surface area contributed by atoms with Crippen LogP contribution in [-0.2, 0) is 6.42 Å². The Balaban J connectivity index is 3.16. The zero-order valence-electron chi connectivity index (χ0n) is 9.40. The van der Waals surface area contributed by atoms with Crippen LogP contribution in [0.3, 0.4) is 0 Å². The van der Waals surface area contributed by atoms with Crippen LogP contribution in [0.4, 0.5) is 0 Å². The fourth-order valence-electron chi connectivity index (χ4n) is 2.04. The second kappa shape index (κ2) is 4.28. The Morgan fingerprint density at radius 3 is 2.23 bits per heavy atom. The Morgan fingerprint density at radius 1 is 1.15 bits per heavy atom. The highest BCUT2D eigenvalue weighted by Gasteiger charge is 2.15. The average molecular weight is 196 g/mol. The van der Waals surface area contributed by atoms with Crippen LogP contribution in [0.25, 0.3) is 0 Å². The molecule has 0 nitrogen and oxygen atoms in total. The van der Waals surface area contributed by atoms with Gasteiger partial charge in [-0.2, -0.15) is 0 Å². The lowest BCUT2D eigenvalue weighted by molar-refractivity contribution is 0.722. The molecule has 0 aromatic carbocycles. The number of hydrogen-bond donors (Lipinski definition) is 0. The van der Waals surface area contributed by atoms with Crippen molar-refractivity contribution in [3.8, 4) is 0 Å². The zero-order chi connectivity index (χ0) is 10.0. The van der Waals surface area contributed by atoms with Gasteiger partial charge in [-0.15, -0.1) is 11.3 Å². The summed E-state index contributed by atoms with van der Waals surface area (Å²) in [4.78, 5) is 3.05. The summed E-state index contributed by atoms with van der Waals surface area (Å²) in [6.45, 7) is 11.4. The summed E-state index contributed by atoms with van der Waals surface area (Å²) in [5.41, 5.74) is 3.24. The lowest BCUT2D eigenvalue weighted by Crippen LogP contribution is -1.96. The first-order chi connectivity index (χ1) is 6.11. The van der Waals surface area contributed by atoms with Crippen molar-refractivity contribution >= 4 is 11.3 Å². The van der Waals surface area contributed by atoms with E-state index in [-0.39, 0.29) is 0 Å². The third-order valence-electron chi connectivity index (χ3n) is 2.89. The van der Waals surface area contributed by atoms with Crippen LogP contribution in [0.2, 0.25) is 0 Å². The van der Waals surface area contributed by atoms with Gasteiger partial charge in [-0.1, -0.05) is 20.8 Å². The van der Waals surface area contributed by atoms with Crippen molar-refractivity contribution in [2.45, 2.75) is 53.4 Å². The minimum absolute atomic E-state index is 0.736. The maximum absolute atomic E-state index is 2.34. The van der Waals surface area contributed by atoms with Crippen LogP contribution in [-0.4, -0.2) is 0 Å². The lowest BCUT2D eigenvalue weighted by atomic mass is 9.93. The average Bonchev–Trinajstić information content (AvgIpc) is 2.39. The predicted octanol–water partition coefficient (Wildman–Crippen LogP) is 4.44. The first kappa shape index (κ1) is 10.8. The van der Waals surface area contributed by atoms with E-state index in [1.165, 1.54) is 22.6 Å². The second-order valence-corrected chi connectivity index (χ2v) is 5.20. The highest BCUT2D eigenvalue weighted by Crippen LogP contribution is 2.34. The Morgan fingerprint density at radius 2 is 1.77 bits per heavy atom. The van der Waals surface area contributed by atoms with E-state index in [0.717, 1.165) is 5.92 Å². The first-order valence-electron chi connectivity index (χ1n) is 5.20. The highest BCUT2D eigenvalue weighted by atomic mass is 32.1. The molecule has 0 spiro atoms. The van der Waals surface area contributed by atoms with Crippen molar-refractivity contribution in [1.82, 2.24) is 0 Å². The second-order valence-electron chi connectivity index (χ2n) is 3.77. The molecule has 13 heavy (non-hydrogen) atoms. The molecule has 0 aliphatic heterocycles. The molecule has 74 valence electrons. The fourth-order valence-corrected chi connectivity index (χ4v) is 3.31. The van der Waals surface area contributed by atoms with Crippen molar-refractivity contribution in [3.05, 3.63) is 20.9 Å². The zero-order valence-corrected chi connectivity index (χ0v) is 10.2. The van der Waals surface area contributed by atoms with E-state index < -0.39 is 0 Å². The minimum Gasteiger partial charge on any atom is -0.145 e. The molecule has 0 radical (unpaired) electrons. The fraction of sp³-hybridized carbons (Fsp3) is 0.667. The topological polar surface area (TPSA) is 0 Å². The van der Waals surface area contributed by atoms with Crippen LogP contribution in [0.15, 0.2) is 0 Å². The standard InChI is InChI=1S/C12H20S/c1-6-8(3)12-10(5)13-9(4)11(12)7-2/h8H,6-7H2,1-5H3. The maximum atomic E-state index is 2.34. The molecule has 0 amide bonds. The van der Waals surface area contributed by atoms with Crippen LogP contribution in [0.1, 0.15) is 54.0 Å². The van der Waals surface area contributed by atoms with Crippen LogP contribution in [0.5, 0.6) is 0 Å². The molecule has 1 aromatic heterocycles. The van der Waals surface area contributed by atoms with Crippen molar-refractivity contribution in [2.75, 3.05) is 0 Å². The summed E-state index contributed by atoms with van der Waals surface area (Å²) >= 11 is 1.96. The van der Waals surface area contributed by atoms with Gasteiger partial charge in [-0.05, 0) is 43.7 Å². The largest absolute Gasteiger partial charge is 0.145 e. The van der Waals surface area contributed by atoms with Crippen LogP contribution >= 0.6 is 11.3 Å². The Labute approximate surface area is 86.0 Å². The van der Waals surface area contributed by atoms with E-state index in [4.69, 9.17) is 0 Å². The van der Waals surface area contributed by atoms with Gasteiger partial charge >= 0.3 is 0 Å². The summed E-state index contributed by atoms with van der Waals surface area (Å²) in [7, 11) is 0. The van der Waals surface area contributed by atoms with Gasteiger partial charge in [0.05, 0.1) is 0 Å². The summed E-state index contributed by atoms with van der Waals surface area (Å²) in [6.07, 6.45) is 2.44. The van der Waals surface area contributed by atoms with Gasteiger partial charge in [0.1, 0.15) is 0 Å². The van der Waals surface area contributed by atoms with E-state index in [1.54, 1.807) is 11.1 Å². The molecule has 0 saturated carbocycles. The molecule has 0 fully saturated rings. The molecule has 1 atom stereocenters. The summed E-state index contributed by atoms with van der Waals surface area (Å²) < 4.78 is 0. The minimum atomic E-state index is 0.736. The molecule has 0 N–H and O–H groups in total. The molecule has 0 aliphatic carbocycles. The van der Waals surface area contributed by atoms with Crippen molar-refractivity contribution in [1.29, 1.82) is 0 Å². The van der Waals surface area contributed by atoms with E-state index in [9.17, 15) is 0 Å². The van der Waals surface area contributed by atoms with E-state index >= 15 is 0 Å². The number of thiophene rings is 1. The summed E-state index contributed by atoms with van der Waals surface area (Å²) in [5.74, 6) is 0.736. The molecule has 0 saturated heterocycles. The molecule has 1 unspecified atom stereocenters. The third-order valence-corrected chi connectivity index (χ3v) is 3.97. The molecule has 1 heterocycles. The van der Waals surface area contributed by atoms with Crippen molar-refractivity contribution in [3.63, 3.8) is 0 Å². The summed E-state index contributed by atoms with van der Waals surface area (Å²) in [6, 6.07) is 0. The molecule has 0 aliphatic rings. The van der Waals surface area contributed by atoms with Crippen LogP contribution < -0.4 is 0 Å². The van der Waals surface area contributed by atoms with E-state index in [0.29, 0.717) is 0 Å². The first-order valence-corrected chi connectivity index (χ1v) is 6.02. The maximum Gasteiger partial charge on any atom is 0.00546 e. The Hall–Kier alpha value is -0.300. The predicted molar refractivity (Wildman–Crippen MR) is 61.9 cm³/mol. The highest BCUT2D eigenvalue weighted by molar-refractivity contribution is 7.12. The number of aryl methyl sites for hydroxylation is 2. The van der Waals surface area contributed by atoms with Crippen molar-refractivity contribution < 1.29 is 0 Å². The lowest BCUT2D eigenvalue weighted by Gasteiger charge is -2.11. The van der Waals surface area contributed by atoms with E-state index in [1.807, 2.05) is 11.3 Å². The van der Waals surface area contributed by atoms with Gasteiger partial charge in [0.25, 0.3) is 0 Å². The van der Waals surface area contributed by atoms with Crippen LogP contribution in [0, 0.1) is 13.8 Å². The molecule has 0 bridgehead atoms. The summed E-state index contributed by atoms with van der Waals surface area (Å²) in [5, 5.41) is 0. The normalized spacial score (nSPS) is 13.3. The number of rotatable bonds is 3. The Bertz CT molecular complexity index is 284. The number of hydrogen-bond acceptors (Lipinski definition) is 1. The van der Waals surface area contributed by atoms with Gasteiger partial charge in [0.2, 0.25) is 0 Å². The Kier molecular flexibility index (Phi) is 3.55. The molecule has 1 heteroatoms. The van der Waals surface area contributed by atoms with Gasteiger partial charge in [0, 0.05) is 9.75 Å². The van der Waals surface area contributed by atoms with Gasteiger partial charge in [-0.3, -0.25) is 0 Å². The van der Waals surface area contributed by atoms with E-state index in [2.05, 4.69) is 34.6 Å². The van der Waals surface area contributed by atoms with Crippen molar-refractivity contribution in [2.24, 2.45) is 0 Å². The van der Waals surface area contributed by atoms with Gasteiger partial charge in [0.15, 0.2) is 0 Å². The molecule has 1 aromatic rings. The van der Waals surface area contributed by atoms with Gasteiger partial charge in [-0.25, -0.2) is 0 Å². The molecular formula is C12H20S. The monoisotopic (exact) mass is 196 g/mol. The third kappa shape index (κ3) is 1.96. The smallest absolute Gasteiger partial charge is 0.00546 e.